The summed E-state index contributed by atoms with van der Waals surface area (Å²) in [4.78, 5) is 6.79. The molecule has 1 saturated heterocycles. The number of aromatic nitrogens is 1. The Kier molecular flexibility index (Phi) is 3.89. The molecule has 0 spiro atoms. The molecule has 0 aromatic carbocycles. The van der Waals surface area contributed by atoms with Crippen molar-refractivity contribution in [3.63, 3.8) is 0 Å². The number of halogens is 1. The van der Waals surface area contributed by atoms with E-state index < -0.39 is 0 Å². The lowest BCUT2D eigenvalue weighted by Gasteiger charge is -2.32. The van der Waals surface area contributed by atoms with Crippen molar-refractivity contribution in [3.05, 3.63) is 29.0 Å². The van der Waals surface area contributed by atoms with Crippen LogP contribution < -0.4 is 0 Å². The van der Waals surface area contributed by atoms with E-state index >= 15 is 0 Å². The van der Waals surface area contributed by atoms with Gasteiger partial charge in [-0.3, -0.25) is 4.90 Å². The second-order valence-electron chi connectivity index (χ2n) is 3.85. The Hall–Kier alpha value is -0.250. The van der Waals surface area contributed by atoms with Gasteiger partial charge in [0.05, 0.1) is 5.69 Å². The third-order valence-electron chi connectivity index (χ3n) is 2.64. The average Bonchev–Trinajstić information content (AvgIpc) is 2.22. The van der Waals surface area contributed by atoms with E-state index in [9.17, 15) is 0 Å². The van der Waals surface area contributed by atoms with Gasteiger partial charge in [0.1, 0.15) is 5.15 Å². The monoisotopic (exact) mass is 242 g/mol. The molecule has 1 atom stereocenters. The Morgan fingerprint density at radius 1 is 1.60 bits per heavy atom. The van der Waals surface area contributed by atoms with E-state index in [0.29, 0.717) is 11.2 Å². The van der Waals surface area contributed by atoms with E-state index in [1.807, 2.05) is 30.0 Å². The van der Waals surface area contributed by atoms with Crippen molar-refractivity contribution in [2.75, 3.05) is 18.1 Å². The summed E-state index contributed by atoms with van der Waals surface area (Å²) in [5.41, 5.74) is 1.07. The largest absolute Gasteiger partial charge is 0.293 e. The Labute approximate surface area is 100 Å². The van der Waals surface area contributed by atoms with Crippen LogP contribution in [0.15, 0.2) is 18.2 Å². The highest BCUT2D eigenvalue weighted by molar-refractivity contribution is 7.99. The number of hydrogen-bond acceptors (Lipinski definition) is 3. The average molecular weight is 243 g/mol. The lowest BCUT2D eigenvalue weighted by Crippen LogP contribution is -2.39. The van der Waals surface area contributed by atoms with Crippen LogP contribution in [0.4, 0.5) is 0 Å². The lowest BCUT2D eigenvalue weighted by molar-refractivity contribution is 0.221. The zero-order valence-corrected chi connectivity index (χ0v) is 10.4. The molecule has 1 aliphatic heterocycles. The second-order valence-corrected chi connectivity index (χ2v) is 5.38. The summed E-state index contributed by atoms with van der Waals surface area (Å²) in [7, 11) is 0. The van der Waals surface area contributed by atoms with Gasteiger partial charge in [-0.2, -0.15) is 11.8 Å². The minimum Gasteiger partial charge on any atom is -0.293 e. The predicted molar refractivity (Wildman–Crippen MR) is 66.4 cm³/mol. The number of hydrogen-bond donors (Lipinski definition) is 0. The molecule has 1 unspecified atom stereocenters. The molecule has 82 valence electrons. The van der Waals surface area contributed by atoms with E-state index in [1.54, 1.807) is 0 Å². The van der Waals surface area contributed by atoms with Crippen LogP contribution in [0.25, 0.3) is 0 Å². The highest BCUT2D eigenvalue weighted by Crippen LogP contribution is 2.18. The minimum absolute atomic E-state index is 0.589. The maximum atomic E-state index is 5.87. The van der Waals surface area contributed by atoms with E-state index in [4.69, 9.17) is 11.6 Å². The van der Waals surface area contributed by atoms with Gasteiger partial charge in [-0.05, 0) is 19.1 Å². The van der Waals surface area contributed by atoms with E-state index in [-0.39, 0.29) is 0 Å². The van der Waals surface area contributed by atoms with Gasteiger partial charge in [0.2, 0.25) is 0 Å². The van der Waals surface area contributed by atoms with Crippen LogP contribution in [0.5, 0.6) is 0 Å². The Bertz CT molecular complexity index is 332. The van der Waals surface area contributed by atoms with Gasteiger partial charge < -0.3 is 0 Å². The Balaban J connectivity index is 2.01. The van der Waals surface area contributed by atoms with Crippen LogP contribution in [0, 0.1) is 0 Å². The molecule has 2 heterocycles. The molecule has 0 amide bonds. The van der Waals surface area contributed by atoms with Gasteiger partial charge in [-0.25, -0.2) is 4.98 Å². The molecule has 0 N–H and O–H groups in total. The molecule has 1 aromatic heterocycles. The van der Waals surface area contributed by atoms with Crippen molar-refractivity contribution in [1.29, 1.82) is 0 Å². The van der Waals surface area contributed by atoms with Crippen molar-refractivity contribution < 1.29 is 0 Å². The standard InChI is InChI=1S/C11H15ClN2S/c1-9-8-15-6-5-14(9)7-10-3-2-4-11(12)13-10/h2-4,9H,5-8H2,1H3. The maximum Gasteiger partial charge on any atom is 0.129 e. The quantitative estimate of drug-likeness (QED) is 0.742. The van der Waals surface area contributed by atoms with Crippen LogP contribution in [-0.2, 0) is 6.54 Å². The van der Waals surface area contributed by atoms with Crippen molar-refractivity contribution >= 4 is 23.4 Å². The first kappa shape index (κ1) is 11.2. The van der Waals surface area contributed by atoms with Crippen LogP contribution in [0.2, 0.25) is 5.15 Å². The first-order valence-corrected chi connectivity index (χ1v) is 6.72. The minimum atomic E-state index is 0.589. The zero-order valence-electron chi connectivity index (χ0n) is 8.82. The fourth-order valence-electron chi connectivity index (χ4n) is 1.74. The van der Waals surface area contributed by atoms with E-state index in [1.165, 1.54) is 11.5 Å². The second kappa shape index (κ2) is 5.19. The lowest BCUT2D eigenvalue weighted by atomic mass is 10.2. The van der Waals surface area contributed by atoms with Gasteiger partial charge in [-0.1, -0.05) is 17.7 Å². The molecule has 1 aromatic rings. The number of nitrogens with zero attached hydrogens (tertiary/aromatic N) is 2. The van der Waals surface area contributed by atoms with Crippen molar-refractivity contribution in [2.45, 2.75) is 19.5 Å². The van der Waals surface area contributed by atoms with Crippen LogP contribution in [-0.4, -0.2) is 34.0 Å². The fraction of sp³-hybridized carbons (Fsp3) is 0.545. The predicted octanol–water partition coefficient (Wildman–Crippen LogP) is 2.67. The Morgan fingerprint density at radius 2 is 2.47 bits per heavy atom. The molecule has 1 aliphatic rings. The SMILES string of the molecule is CC1CSCCN1Cc1cccc(Cl)n1. The fourth-order valence-corrected chi connectivity index (χ4v) is 3.01. The van der Waals surface area contributed by atoms with Crippen LogP contribution in [0.1, 0.15) is 12.6 Å². The number of rotatable bonds is 2. The molecule has 0 saturated carbocycles. The Morgan fingerprint density at radius 3 is 3.20 bits per heavy atom. The van der Waals surface area contributed by atoms with E-state index in [0.717, 1.165) is 18.8 Å². The summed E-state index contributed by atoms with van der Waals surface area (Å²) in [6.07, 6.45) is 0. The molecule has 0 radical (unpaired) electrons. The topological polar surface area (TPSA) is 16.1 Å². The van der Waals surface area contributed by atoms with Crippen molar-refractivity contribution in [3.8, 4) is 0 Å². The molecule has 0 aliphatic carbocycles. The van der Waals surface area contributed by atoms with Crippen molar-refractivity contribution in [2.24, 2.45) is 0 Å². The highest BCUT2D eigenvalue weighted by Gasteiger charge is 2.18. The summed E-state index contributed by atoms with van der Waals surface area (Å²) >= 11 is 7.90. The molecular formula is C11H15ClN2S. The molecule has 2 nitrogen and oxygen atoms in total. The molecule has 1 fully saturated rings. The molecule has 15 heavy (non-hydrogen) atoms. The van der Waals surface area contributed by atoms with Crippen LogP contribution >= 0.6 is 23.4 Å². The summed E-state index contributed by atoms with van der Waals surface area (Å²) in [5, 5.41) is 0.589. The van der Waals surface area contributed by atoms with Crippen molar-refractivity contribution in [1.82, 2.24) is 9.88 Å². The number of pyridine rings is 1. The summed E-state index contributed by atoms with van der Waals surface area (Å²) in [6.45, 7) is 4.35. The molecule has 0 bridgehead atoms. The summed E-state index contributed by atoms with van der Waals surface area (Å²) in [6, 6.07) is 6.47. The summed E-state index contributed by atoms with van der Waals surface area (Å²) < 4.78 is 0. The maximum absolute atomic E-state index is 5.87. The first-order chi connectivity index (χ1) is 7.25. The van der Waals surface area contributed by atoms with Gasteiger partial charge in [0.25, 0.3) is 0 Å². The first-order valence-electron chi connectivity index (χ1n) is 5.19. The van der Waals surface area contributed by atoms with Gasteiger partial charge in [0, 0.05) is 30.6 Å². The van der Waals surface area contributed by atoms with Crippen LogP contribution in [0.3, 0.4) is 0 Å². The normalized spacial score (nSPS) is 22.9. The zero-order chi connectivity index (χ0) is 10.7. The summed E-state index contributed by atoms with van der Waals surface area (Å²) in [5.74, 6) is 2.45. The molecule has 4 heteroatoms. The highest BCUT2D eigenvalue weighted by atomic mass is 35.5. The molecular weight excluding hydrogens is 228 g/mol. The third kappa shape index (κ3) is 3.10. The van der Waals surface area contributed by atoms with Gasteiger partial charge >= 0.3 is 0 Å². The van der Waals surface area contributed by atoms with Gasteiger partial charge in [0.15, 0.2) is 0 Å². The smallest absolute Gasteiger partial charge is 0.129 e. The van der Waals surface area contributed by atoms with Gasteiger partial charge in [-0.15, -0.1) is 0 Å². The van der Waals surface area contributed by atoms with E-state index in [2.05, 4.69) is 16.8 Å². The molecule has 2 rings (SSSR count). The number of thioether (sulfide) groups is 1. The third-order valence-corrected chi connectivity index (χ3v) is 4.04.